The first-order valence-electron chi connectivity index (χ1n) is 8.26. The maximum atomic E-state index is 12.3. The molecule has 1 heterocycles. The Kier molecular flexibility index (Phi) is 6.65. The van der Waals surface area contributed by atoms with Crippen molar-refractivity contribution < 1.29 is 9.90 Å². The highest BCUT2D eigenvalue weighted by molar-refractivity contribution is 7.99. The summed E-state index contributed by atoms with van der Waals surface area (Å²) in [6.07, 6.45) is 3.34. The maximum absolute atomic E-state index is 12.3. The van der Waals surface area contributed by atoms with Gasteiger partial charge in [0.2, 0.25) is 5.91 Å². The van der Waals surface area contributed by atoms with Crippen LogP contribution in [-0.2, 0) is 24.2 Å². The van der Waals surface area contributed by atoms with Crippen molar-refractivity contribution in [3.05, 3.63) is 21.7 Å². The number of aliphatic hydroxyl groups excluding tert-OH is 1. The first kappa shape index (κ1) is 18.0. The Morgan fingerprint density at radius 1 is 1.35 bits per heavy atom. The van der Waals surface area contributed by atoms with E-state index >= 15 is 0 Å². The Labute approximate surface area is 140 Å². The first-order chi connectivity index (χ1) is 11.1. The van der Waals surface area contributed by atoms with Gasteiger partial charge in [-0.25, -0.2) is 4.79 Å². The minimum atomic E-state index is -0.267. The summed E-state index contributed by atoms with van der Waals surface area (Å²) in [5, 5.41) is 9.69. The van der Waals surface area contributed by atoms with Crippen LogP contribution in [0, 0.1) is 0 Å². The number of nitrogens with zero attached hydrogens (tertiary/aromatic N) is 3. The van der Waals surface area contributed by atoms with E-state index in [1.165, 1.54) is 11.8 Å². The highest BCUT2D eigenvalue weighted by Gasteiger charge is 2.22. The van der Waals surface area contributed by atoms with E-state index in [1.54, 1.807) is 9.47 Å². The second kappa shape index (κ2) is 8.49. The van der Waals surface area contributed by atoms with E-state index in [0.29, 0.717) is 36.8 Å². The second-order valence-electron chi connectivity index (χ2n) is 5.56. The predicted octanol–water partition coefficient (Wildman–Crippen LogP) is 1.07. The number of thioether (sulfide) groups is 1. The third-order valence-electron chi connectivity index (χ3n) is 4.19. The van der Waals surface area contributed by atoms with E-state index in [4.69, 9.17) is 5.11 Å². The van der Waals surface area contributed by atoms with E-state index in [0.717, 1.165) is 30.5 Å². The molecule has 1 aromatic heterocycles. The van der Waals surface area contributed by atoms with Gasteiger partial charge in [0.25, 0.3) is 0 Å². The fourth-order valence-corrected chi connectivity index (χ4v) is 3.94. The fourth-order valence-electron chi connectivity index (χ4n) is 2.96. The number of aliphatic hydroxyl groups is 1. The molecule has 0 saturated heterocycles. The quantitative estimate of drug-likeness (QED) is 0.566. The molecule has 1 aromatic rings. The highest BCUT2D eigenvalue weighted by atomic mass is 32.2. The van der Waals surface area contributed by atoms with Gasteiger partial charge in [-0.3, -0.25) is 9.36 Å². The molecule has 0 radical (unpaired) electrons. The zero-order valence-corrected chi connectivity index (χ0v) is 14.7. The lowest BCUT2D eigenvalue weighted by Crippen LogP contribution is -2.32. The van der Waals surface area contributed by atoms with Crippen LogP contribution >= 0.6 is 11.8 Å². The Hall–Kier alpha value is -1.34. The number of fused-ring (bicyclic) bond motifs is 1. The molecule has 2 rings (SSSR count). The summed E-state index contributed by atoms with van der Waals surface area (Å²) in [5.41, 5.74) is 1.88. The molecule has 1 aliphatic rings. The van der Waals surface area contributed by atoms with Crippen molar-refractivity contribution in [1.29, 1.82) is 0 Å². The number of carbonyl (C=O) groups is 1. The third-order valence-corrected chi connectivity index (χ3v) is 5.19. The van der Waals surface area contributed by atoms with Crippen LogP contribution in [0.3, 0.4) is 0 Å². The Balaban J connectivity index is 2.18. The molecular weight excluding hydrogens is 314 g/mol. The van der Waals surface area contributed by atoms with Crippen LogP contribution < -0.4 is 5.69 Å². The largest absolute Gasteiger partial charge is 0.396 e. The monoisotopic (exact) mass is 339 g/mol. The summed E-state index contributed by atoms with van der Waals surface area (Å²) in [7, 11) is 0. The van der Waals surface area contributed by atoms with Gasteiger partial charge >= 0.3 is 5.69 Å². The lowest BCUT2D eigenvalue weighted by molar-refractivity contribution is -0.127. The van der Waals surface area contributed by atoms with Gasteiger partial charge in [0.15, 0.2) is 0 Å². The van der Waals surface area contributed by atoms with Gasteiger partial charge in [-0.2, -0.15) is 4.98 Å². The molecule has 0 bridgehead atoms. The van der Waals surface area contributed by atoms with E-state index in [1.807, 2.05) is 13.8 Å². The molecule has 0 aromatic carbocycles. The van der Waals surface area contributed by atoms with Gasteiger partial charge in [0.05, 0.1) is 5.75 Å². The average molecular weight is 339 g/mol. The van der Waals surface area contributed by atoms with Gasteiger partial charge in [-0.1, -0.05) is 11.8 Å². The zero-order valence-electron chi connectivity index (χ0n) is 13.9. The SMILES string of the molecule is CCN(CC)C(=O)CSc1nc(=O)n(CCCO)c2c1CCC2. The molecule has 6 nitrogen and oxygen atoms in total. The second-order valence-corrected chi connectivity index (χ2v) is 6.53. The molecule has 0 unspecified atom stereocenters. The van der Waals surface area contributed by atoms with Crippen molar-refractivity contribution in [2.24, 2.45) is 0 Å². The number of rotatable bonds is 8. The summed E-state index contributed by atoms with van der Waals surface area (Å²) in [4.78, 5) is 30.4. The maximum Gasteiger partial charge on any atom is 0.348 e. The van der Waals surface area contributed by atoms with E-state index in [-0.39, 0.29) is 18.2 Å². The number of hydrogen-bond acceptors (Lipinski definition) is 5. The Morgan fingerprint density at radius 2 is 2.09 bits per heavy atom. The van der Waals surface area contributed by atoms with Gasteiger partial charge < -0.3 is 10.0 Å². The van der Waals surface area contributed by atoms with Crippen LogP contribution in [-0.4, -0.2) is 50.9 Å². The fraction of sp³-hybridized carbons (Fsp3) is 0.688. The van der Waals surface area contributed by atoms with Gasteiger partial charge in [0.1, 0.15) is 5.03 Å². The molecular formula is C16H25N3O3S. The summed E-state index contributed by atoms with van der Waals surface area (Å²) >= 11 is 1.37. The molecule has 0 fully saturated rings. The average Bonchev–Trinajstić information content (AvgIpc) is 3.02. The summed E-state index contributed by atoms with van der Waals surface area (Å²) in [5.74, 6) is 0.402. The molecule has 0 saturated carbocycles. The van der Waals surface area contributed by atoms with Crippen LogP contribution in [0.5, 0.6) is 0 Å². The summed E-state index contributed by atoms with van der Waals surface area (Å²) in [6.45, 7) is 5.90. The van der Waals surface area contributed by atoms with E-state index in [9.17, 15) is 9.59 Å². The van der Waals surface area contributed by atoms with Crippen molar-refractivity contribution >= 4 is 17.7 Å². The Morgan fingerprint density at radius 3 is 2.74 bits per heavy atom. The minimum Gasteiger partial charge on any atom is -0.396 e. The molecule has 1 N–H and O–H groups in total. The van der Waals surface area contributed by atoms with Crippen molar-refractivity contribution in [3.8, 4) is 0 Å². The smallest absolute Gasteiger partial charge is 0.348 e. The lowest BCUT2D eigenvalue weighted by Gasteiger charge is -2.18. The normalized spacial score (nSPS) is 13.2. The van der Waals surface area contributed by atoms with E-state index in [2.05, 4.69) is 4.98 Å². The van der Waals surface area contributed by atoms with E-state index < -0.39 is 0 Å². The number of carbonyl (C=O) groups excluding carboxylic acids is 1. The molecule has 23 heavy (non-hydrogen) atoms. The molecule has 128 valence electrons. The molecule has 1 amide bonds. The lowest BCUT2D eigenvalue weighted by atomic mass is 10.2. The third kappa shape index (κ3) is 4.14. The van der Waals surface area contributed by atoms with Crippen molar-refractivity contribution in [1.82, 2.24) is 14.5 Å². The number of hydrogen-bond donors (Lipinski definition) is 1. The van der Waals surface area contributed by atoms with Gasteiger partial charge in [-0.05, 0) is 39.5 Å². The zero-order chi connectivity index (χ0) is 16.8. The highest BCUT2D eigenvalue weighted by Crippen LogP contribution is 2.29. The standard InChI is InChI=1S/C16H25N3O3S/c1-3-18(4-2)14(21)11-23-15-12-7-5-8-13(12)19(9-6-10-20)16(22)17-15/h20H,3-11H2,1-2H3. The predicted molar refractivity (Wildman–Crippen MR) is 90.9 cm³/mol. The van der Waals surface area contributed by atoms with Crippen LogP contribution in [0.25, 0.3) is 0 Å². The van der Waals surface area contributed by atoms with Crippen LogP contribution in [0.1, 0.15) is 37.9 Å². The minimum absolute atomic E-state index is 0.0656. The van der Waals surface area contributed by atoms with Crippen LogP contribution in [0.15, 0.2) is 9.82 Å². The van der Waals surface area contributed by atoms with Gasteiger partial charge in [0, 0.05) is 37.5 Å². The molecule has 0 atom stereocenters. The Bertz CT molecular complexity index is 611. The van der Waals surface area contributed by atoms with Crippen LogP contribution in [0.4, 0.5) is 0 Å². The molecule has 0 spiro atoms. The van der Waals surface area contributed by atoms with Crippen molar-refractivity contribution in [2.45, 2.75) is 51.1 Å². The number of aromatic nitrogens is 2. The molecule has 1 aliphatic carbocycles. The summed E-state index contributed by atoms with van der Waals surface area (Å²) < 4.78 is 1.69. The molecule has 0 aliphatic heterocycles. The van der Waals surface area contributed by atoms with Gasteiger partial charge in [-0.15, -0.1) is 0 Å². The van der Waals surface area contributed by atoms with Crippen molar-refractivity contribution in [3.63, 3.8) is 0 Å². The summed E-state index contributed by atoms with van der Waals surface area (Å²) in [6, 6.07) is 0. The first-order valence-corrected chi connectivity index (χ1v) is 9.24. The van der Waals surface area contributed by atoms with Crippen LogP contribution in [0.2, 0.25) is 0 Å². The topological polar surface area (TPSA) is 75.4 Å². The number of amides is 1. The van der Waals surface area contributed by atoms with Crippen molar-refractivity contribution in [2.75, 3.05) is 25.4 Å². The molecule has 7 heteroatoms.